The Kier molecular flexibility index (Phi) is 3.68. The molecular weight excluding hydrogens is 436 g/mol. The Bertz CT molecular complexity index is 800. The maximum atomic E-state index is 13.8. The van der Waals surface area contributed by atoms with E-state index >= 15 is 0 Å². The van der Waals surface area contributed by atoms with E-state index in [0.717, 1.165) is 10.0 Å². The minimum atomic E-state index is -0.258. The number of hydrogen-bond donors (Lipinski definition) is 1. The Hall–Kier alpha value is -1.15. The first-order valence-electron chi connectivity index (χ1n) is 5.90. The largest absolute Gasteiger partial charge is 0.369 e. The van der Waals surface area contributed by atoms with E-state index in [1.54, 1.807) is 6.07 Å². The zero-order chi connectivity index (χ0) is 14.3. The van der Waals surface area contributed by atoms with Crippen molar-refractivity contribution >= 4 is 55.5 Å². The Morgan fingerprint density at radius 1 is 1.30 bits per heavy atom. The Morgan fingerprint density at radius 3 is 2.80 bits per heavy atom. The van der Waals surface area contributed by atoms with E-state index in [9.17, 15) is 4.39 Å². The summed E-state index contributed by atoms with van der Waals surface area (Å²) in [5.41, 5.74) is 8.44. The third-order valence-electron chi connectivity index (χ3n) is 3.11. The van der Waals surface area contributed by atoms with Gasteiger partial charge in [0.15, 0.2) is 0 Å². The molecule has 2 N–H and O–H groups in total. The Morgan fingerprint density at radius 2 is 2.05 bits per heavy atom. The minimum Gasteiger partial charge on any atom is -0.369 e. The molecule has 20 heavy (non-hydrogen) atoms. The number of imidazole rings is 1. The predicted octanol–water partition coefficient (Wildman–Crippen LogP) is 4.17. The highest BCUT2D eigenvalue weighted by molar-refractivity contribution is 14.1. The van der Waals surface area contributed by atoms with Gasteiger partial charge in [0.05, 0.1) is 21.1 Å². The second-order valence-corrected chi connectivity index (χ2v) is 6.42. The monoisotopic (exact) mass is 445 g/mol. The van der Waals surface area contributed by atoms with E-state index in [1.165, 1.54) is 6.07 Å². The molecule has 3 aromatic rings. The van der Waals surface area contributed by atoms with Crippen molar-refractivity contribution in [3.05, 3.63) is 55.8 Å². The fourth-order valence-electron chi connectivity index (χ4n) is 2.10. The van der Waals surface area contributed by atoms with E-state index in [2.05, 4.69) is 20.9 Å². The van der Waals surface area contributed by atoms with Crippen molar-refractivity contribution in [2.45, 2.75) is 6.54 Å². The van der Waals surface area contributed by atoms with E-state index in [1.807, 2.05) is 51.4 Å². The van der Waals surface area contributed by atoms with Gasteiger partial charge in [0.2, 0.25) is 5.95 Å². The second-order valence-electron chi connectivity index (χ2n) is 4.40. The van der Waals surface area contributed by atoms with Crippen LogP contribution in [0.5, 0.6) is 0 Å². The van der Waals surface area contributed by atoms with Crippen LogP contribution in [-0.2, 0) is 6.54 Å². The van der Waals surface area contributed by atoms with Crippen molar-refractivity contribution in [2.24, 2.45) is 0 Å². The molecule has 2 aromatic carbocycles. The van der Waals surface area contributed by atoms with Crippen LogP contribution in [0.25, 0.3) is 11.0 Å². The molecule has 3 nitrogen and oxygen atoms in total. The van der Waals surface area contributed by atoms with Crippen LogP contribution in [-0.4, -0.2) is 9.55 Å². The number of halogens is 3. The number of hydrogen-bond acceptors (Lipinski definition) is 2. The first-order chi connectivity index (χ1) is 9.56. The molecule has 0 aliphatic rings. The number of nitrogens with zero attached hydrogens (tertiary/aromatic N) is 2. The topological polar surface area (TPSA) is 43.8 Å². The Labute approximate surface area is 137 Å². The second kappa shape index (κ2) is 5.33. The van der Waals surface area contributed by atoms with Crippen molar-refractivity contribution in [1.82, 2.24) is 9.55 Å². The van der Waals surface area contributed by atoms with E-state index in [0.29, 0.717) is 27.1 Å². The zero-order valence-electron chi connectivity index (χ0n) is 10.3. The molecule has 0 saturated carbocycles. The summed E-state index contributed by atoms with van der Waals surface area (Å²) >= 11 is 5.46. The summed E-state index contributed by atoms with van der Waals surface area (Å²) in [6, 6.07) is 11.1. The minimum absolute atomic E-state index is 0.258. The standard InChI is InChI=1S/C14H10BrFIN3/c15-9-4-2-1-3-8(9)7-20-13-5-10(16)11(17)6-12(13)19-14(20)18/h1-6H,7H2,(H2,18,19). The molecule has 6 heteroatoms. The number of nitrogen functional groups attached to an aromatic ring is 1. The number of benzene rings is 2. The van der Waals surface area contributed by atoms with Crippen molar-refractivity contribution in [1.29, 1.82) is 0 Å². The normalized spacial score (nSPS) is 11.2. The molecule has 3 rings (SSSR count). The van der Waals surface area contributed by atoms with Gasteiger partial charge in [0.25, 0.3) is 0 Å². The van der Waals surface area contributed by atoms with Gasteiger partial charge in [-0.25, -0.2) is 9.37 Å². The van der Waals surface area contributed by atoms with Crippen LogP contribution in [0, 0.1) is 9.39 Å². The average molecular weight is 446 g/mol. The fourth-order valence-corrected chi connectivity index (χ4v) is 2.96. The van der Waals surface area contributed by atoms with Gasteiger partial charge in [-0.1, -0.05) is 34.1 Å². The first-order valence-corrected chi connectivity index (χ1v) is 7.77. The lowest BCUT2D eigenvalue weighted by Crippen LogP contribution is -2.05. The highest BCUT2D eigenvalue weighted by Crippen LogP contribution is 2.25. The van der Waals surface area contributed by atoms with Gasteiger partial charge in [-0.2, -0.15) is 0 Å². The summed E-state index contributed by atoms with van der Waals surface area (Å²) in [6.45, 7) is 0.545. The summed E-state index contributed by atoms with van der Waals surface area (Å²) in [4.78, 5) is 4.29. The number of rotatable bonds is 2. The zero-order valence-corrected chi connectivity index (χ0v) is 14.0. The average Bonchev–Trinajstić information content (AvgIpc) is 2.69. The highest BCUT2D eigenvalue weighted by atomic mass is 127. The maximum Gasteiger partial charge on any atom is 0.201 e. The maximum absolute atomic E-state index is 13.8. The first kappa shape index (κ1) is 13.8. The quantitative estimate of drug-likeness (QED) is 0.601. The van der Waals surface area contributed by atoms with Crippen LogP contribution < -0.4 is 5.73 Å². The molecule has 1 aromatic heterocycles. The van der Waals surface area contributed by atoms with Crippen molar-refractivity contribution < 1.29 is 4.39 Å². The summed E-state index contributed by atoms with van der Waals surface area (Å²) in [7, 11) is 0. The van der Waals surface area contributed by atoms with E-state index in [-0.39, 0.29) is 5.82 Å². The fraction of sp³-hybridized carbons (Fsp3) is 0.0714. The molecule has 1 heterocycles. The van der Waals surface area contributed by atoms with E-state index < -0.39 is 0 Å². The van der Waals surface area contributed by atoms with Crippen LogP contribution in [0.4, 0.5) is 10.3 Å². The number of fused-ring (bicyclic) bond motifs is 1. The summed E-state index contributed by atoms with van der Waals surface area (Å²) in [6.07, 6.45) is 0. The molecule has 102 valence electrons. The van der Waals surface area contributed by atoms with Gasteiger partial charge in [-0.3, -0.25) is 0 Å². The summed E-state index contributed by atoms with van der Waals surface area (Å²) in [5, 5.41) is 0. The number of aromatic nitrogens is 2. The van der Waals surface area contributed by atoms with Gasteiger partial charge in [0, 0.05) is 10.5 Å². The van der Waals surface area contributed by atoms with E-state index in [4.69, 9.17) is 5.73 Å². The lowest BCUT2D eigenvalue weighted by molar-refractivity contribution is 0.621. The van der Waals surface area contributed by atoms with Gasteiger partial charge in [-0.05, 0) is 40.3 Å². The molecule has 0 unspecified atom stereocenters. The molecular formula is C14H10BrFIN3. The van der Waals surface area contributed by atoms with Gasteiger partial charge < -0.3 is 10.3 Å². The third-order valence-corrected chi connectivity index (χ3v) is 4.71. The Balaban J connectivity index is 2.14. The predicted molar refractivity (Wildman–Crippen MR) is 90.1 cm³/mol. The molecule has 0 atom stereocenters. The van der Waals surface area contributed by atoms with Crippen molar-refractivity contribution in [2.75, 3.05) is 5.73 Å². The van der Waals surface area contributed by atoms with Gasteiger partial charge in [-0.15, -0.1) is 0 Å². The molecule has 0 spiro atoms. The molecule has 0 fully saturated rings. The lowest BCUT2D eigenvalue weighted by atomic mass is 10.2. The highest BCUT2D eigenvalue weighted by Gasteiger charge is 2.12. The van der Waals surface area contributed by atoms with Crippen LogP contribution in [0.2, 0.25) is 0 Å². The molecule has 0 radical (unpaired) electrons. The molecule has 0 amide bonds. The van der Waals surface area contributed by atoms with Crippen LogP contribution in [0.3, 0.4) is 0 Å². The molecule has 0 aliphatic carbocycles. The SMILES string of the molecule is Nc1nc2cc(I)c(F)cc2n1Cc1ccccc1Br. The summed E-state index contributed by atoms with van der Waals surface area (Å²) < 4.78 is 17.1. The van der Waals surface area contributed by atoms with Crippen molar-refractivity contribution in [3.8, 4) is 0 Å². The van der Waals surface area contributed by atoms with Crippen LogP contribution in [0.1, 0.15) is 5.56 Å². The van der Waals surface area contributed by atoms with Gasteiger partial charge >= 0.3 is 0 Å². The lowest BCUT2D eigenvalue weighted by Gasteiger charge is -2.08. The van der Waals surface area contributed by atoms with Crippen LogP contribution >= 0.6 is 38.5 Å². The van der Waals surface area contributed by atoms with Crippen molar-refractivity contribution in [3.63, 3.8) is 0 Å². The van der Waals surface area contributed by atoms with Gasteiger partial charge in [0.1, 0.15) is 5.82 Å². The molecule has 0 bridgehead atoms. The summed E-state index contributed by atoms with van der Waals surface area (Å²) in [5.74, 6) is 0.128. The smallest absolute Gasteiger partial charge is 0.201 e. The molecule has 0 saturated heterocycles. The van der Waals surface area contributed by atoms with Crippen LogP contribution in [0.15, 0.2) is 40.9 Å². The number of anilines is 1. The third kappa shape index (κ3) is 2.42. The molecule has 0 aliphatic heterocycles. The number of nitrogens with two attached hydrogens (primary N) is 1.